The minimum atomic E-state index is -4.15. The molecule has 1 N–H and O–H groups in total. The summed E-state index contributed by atoms with van der Waals surface area (Å²) in [5, 5.41) is -1.29. The van der Waals surface area contributed by atoms with Crippen LogP contribution in [0, 0.1) is 0 Å². The average Bonchev–Trinajstić information content (AvgIpc) is 1.62. The van der Waals surface area contributed by atoms with Crippen LogP contribution in [0.25, 0.3) is 0 Å². The van der Waals surface area contributed by atoms with Gasteiger partial charge in [0.15, 0.2) is 0 Å². The highest BCUT2D eigenvalue weighted by atomic mass is 32.2. The number of rotatable bonds is 2. The van der Waals surface area contributed by atoms with Crippen LogP contribution >= 0.6 is 0 Å². The molecule has 0 aromatic heterocycles. The van der Waals surface area contributed by atoms with Gasteiger partial charge in [-0.15, -0.1) is 0 Å². The van der Waals surface area contributed by atoms with Gasteiger partial charge in [0.2, 0.25) is 0 Å². The minimum absolute atomic E-state index is 0.558. The van der Waals surface area contributed by atoms with Crippen molar-refractivity contribution in [2.45, 2.75) is 19.1 Å². The molecule has 0 spiro atoms. The minimum Gasteiger partial charge on any atom is -0.298 e. The summed E-state index contributed by atoms with van der Waals surface area (Å²) < 4.78 is 28.4. The molecule has 0 aliphatic carbocycles. The highest BCUT2D eigenvalue weighted by Crippen LogP contribution is 1.96. The quantitative estimate of drug-likeness (QED) is 0.558. The van der Waals surface area contributed by atoms with Gasteiger partial charge in [0.05, 0.1) is 0 Å². The molecule has 0 rings (SSSR count). The summed E-state index contributed by atoms with van der Waals surface area (Å²) in [6.45, 7) is 2.25. The first-order valence-electron chi connectivity index (χ1n) is 2.32. The molecular weight excluding hydrogens is 144 g/mol. The number of carbonyl (C=O) groups excluding carboxylic acids is 1. The molecule has 9 heavy (non-hydrogen) atoms. The highest BCUT2D eigenvalue weighted by Gasteiger charge is 2.21. The Morgan fingerprint density at radius 3 is 1.89 bits per heavy atom. The summed E-state index contributed by atoms with van der Waals surface area (Å²) in [5.41, 5.74) is 0. The van der Waals surface area contributed by atoms with Gasteiger partial charge in [0.25, 0.3) is 10.1 Å². The number of ketones is 1. The maximum absolute atomic E-state index is 10.3. The summed E-state index contributed by atoms with van der Waals surface area (Å²) in [6, 6.07) is 0. The van der Waals surface area contributed by atoms with Crippen molar-refractivity contribution >= 4 is 15.9 Å². The summed E-state index contributed by atoms with van der Waals surface area (Å²) in [6.07, 6.45) is 0. The zero-order valence-corrected chi connectivity index (χ0v) is 5.97. The van der Waals surface area contributed by atoms with Crippen LogP contribution < -0.4 is 0 Å². The van der Waals surface area contributed by atoms with Gasteiger partial charge in [0.1, 0.15) is 11.0 Å². The predicted octanol–water partition coefficient (Wildman–Crippen LogP) is -0.148. The molecule has 0 aromatic carbocycles. The topological polar surface area (TPSA) is 71.4 Å². The molecule has 0 bridgehead atoms. The SMILES string of the molecule is CC(=O)[C@H](C)S(=O)(=O)O. The van der Waals surface area contributed by atoms with E-state index < -0.39 is 21.2 Å². The molecule has 4 nitrogen and oxygen atoms in total. The molecular formula is C4H8O4S. The van der Waals surface area contributed by atoms with Crippen LogP contribution in [-0.2, 0) is 14.9 Å². The summed E-state index contributed by atoms with van der Waals surface area (Å²) in [4.78, 5) is 10.3. The first-order valence-corrected chi connectivity index (χ1v) is 3.82. The molecule has 0 fully saturated rings. The third-order valence-corrected chi connectivity index (χ3v) is 2.24. The van der Waals surface area contributed by atoms with Gasteiger partial charge >= 0.3 is 0 Å². The number of Topliss-reactive ketones (excluding diaryl/α,β-unsaturated/α-hetero) is 1. The van der Waals surface area contributed by atoms with Gasteiger partial charge in [-0.1, -0.05) is 0 Å². The van der Waals surface area contributed by atoms with Crippen LogP contribution in [-0.4, -0.2) is 24.0 Å². The Labute approximate surface area is 53.6 Å². The molecule has 0 saturated heterocycles. The Morgan fingerprint density at radius 2 is 1.89 bits per heavy atom. The molecule has 54 valence electrons. The van der Waals surface area contributed by atoms with Crippen molar-refractivity contribution in [1.82, 2.24) is 0 Å². The van der Waals surface area contributed by atoms with E-state index in [9.17, 15) is 13.2 Å². The van der Waals surface area contributed by atoms with Crippen LogP contribution in [0.2, 0.25) is 0 Å². The fraction of sp³-hybridized carbons (Fsp3) is 0.750. The van der Waals surface area contributed by atoms with Gasteiger partial charge in [-0.2, -0.15) is 8.42 Å². The van der Waals surface area contributed by atoms with Crippen LogP contribution in [0.15, 0.2) is 0 Å². The van der Waals surface area contributed by atoms with E-state index in [4.69, 9.17) is 4.55 Å². The Bertz CT molecular complexity index is 203. The number of hydrogen-bond acceptors (Lipinski definition) is 3. The lowest BCUT2D eigenvalue weighted by Crippen LogP contribution is -2.23. The third kappa shape index (κ3) is 2.57. The van der Waals surface area contributed by atoms with Crippen molar-refractivity contribution in [3.05, 3.63) is 0 Å². The lowest BCUT2D eigenvalue weighted by Gasteiger charge is -1.99. The average molecular weight is 152 g/mol. The van der Waals surface area contributed by atoms with Gasteiger partial charge in [-0.05, 0) is 13.8 Å². The Hall–Kier alpha value is -0.420. The standard InChI is InChI=1S/C4H8O4S/c1-3(5)4(2)9(6,7)8/h4H,1-2H3,(H,6,7,8)/t4-/m0/s1. The smallest absolute Gasteiger partial charge is 0.274 e. The van der Waals surface area contributed by atoms with Crippen LogP contribution in [0.4, 0.5) is 0 Å². The van der Waals surface area contributed by atoms with Crippen LogP contribution in [0.1, 0.15) is 13.8 Å². The molecule has 0 heterocycles. The van der Waals surface area contributed by atoms with Gasteiger partial charge < -0.3 is 0 Å². The molecule has 0 radical (unpaired) electrons. The van der Waals surface area contributed by atoms with E-state index in [0.717, 1.165) is 13.8 Å². The van der Waals surface area contributed by atoms with Crippen molar-refractivity contribution in [2.24, 2.45) is 0 Å². The van der Waals surface area contributed by atoms with Gasteiger partial charge in [-0.25, -0.2) is 0 Å². The van der Waals surface area contributed by atoms with Gasteiger partial charge in [-0.3, -0.25) is 9.35 Å². The monoisotopic (exact) mass is 152 g/mol. The molecule has 0 saturated carbocycles. The van der Waals surface area contributed by atoms with E-state index in [0.29, 0.717) is 0 Å². The second-order valence-electron chi connectivity index (χ2n) is 1.77. The lowest BCUT2D eigenvalue weighted by molar-refractivity contribution is -0.116. The zero-order chi connectivity index (χ0) is 7.65. The van der Waals surface area contributed by atoms with Gasteiger partial charge in [0, 0.05) is 0 Å². The highest BCUT2D eigenvalue weighted by molar-refractivity contribution is 7.87. The van der Waals surface area contributed by atoms with Crippen molar-refractivity contribution in [1.29, 1.82) is 0 Å². The molecule has 1 atom stereocenters. The van der Waals surface area contributed by atoms with E-state index in [1.807, 2.05) is 0 Å². The fourth-order valence-corrected chi connectivity index (χ4v) is 0.629. The molecule has 0 aromatic rings. The molecule has 0 amide bonds. The molecule has 0 unspecified atom stereocenters. The maximum Gasteiger partial charge on any atom is 0.274 e. The van der Waals surface area contributed by atoms with E-state index in [2.05, 4.69) is 0 Å². The Balaban J connectivity index is 4.43. The maximum atomic E-state index is 10.3. The van der Waals surface area contributed by atoms with E-state index in [-0.39, 0.29) is 0 Å². The Morgan fingerprint density at radius 1 is 1.56 bits per heavy atom. The van der Waals surface area contributed by atoms with Crippen molar-refractivity contribution < 1.29 is 17.8 Å². The Kier molecular flexibility index (Phi) is 2.33. The van der Waals surface area contributed by atoms with Crippen LogP contribution in [0.5, 0.6) is 0 Å². The second-order valence-corrected chi connectivity index (χ2v) is 3.50. The summed E-state index contributed by atoms with van der Waals surface area (Å²) in [7, 11) is -4.15. The van der Waals surface area contributed by atoms with E-state index in [1.165, 1.54) is 0 Å². The zero-order valence-electron chi connectivity index (χ0n) is 5.16. The normalized spacial score (nSPS) is 15.0. The number of carbonyl (C=O) groups is 1. The predicted molar refractivity (Wildman–Crippen MR) is 31.7 cm³/mol. The van der Waals surface area contributed by atoms with Crippen molar-refractivity contribution in [3.8, 4) is 0 Å². The van der Waals surface area contributed by atoms with E-state index >= 15 is 0 Å². The van der Waals surface area contributed by atoms with E-state index in [1.54, 1.807) is 0 Å². The summed E-state index contributed by atoms with van der Waals surface area (Å²) in [5.74, 6) is -0.558. The summed E-state index contributed by atoms with van der Waals surface area (Å²) >= 11 is 0. The van der Waals surface area contributed by atoms with Crippen molar-refractivity contribution in [3.63, 3.8) is 0 Å². The molecule has 5 heteroatoms. The third-order valence-electron chi connectivity index (χ3n) is 1.02. The molecule has 0 aliphatic heterocycles. The van der Waals surface area contributed by atoms with Crippen molar-refractivity contribution in [2.75, 3.05) is 0 Å². The van der Waals surface area contributed by atoms with Crippen LogP contribution in [0.3, 0.4) is 0 Å². The lowest BCUT2D eigenvalue weighted by atomic mass is 10.3. The number of hydrogen-bond donors (Lipinski definition) is 1. The fourth-order valence-electron chi connectivity index (χ4n) is 0.210. The largest absolute Gasteiger partial charge is 0.298 e. The second kappa shape index (κ2) is 2.45. The molecule has 0 aliphatic rings. The first-order chi connectivity index (χ1) is 3.85. The first kappa shape index (κ1) is 8.58.